The minimum Gasteiger partial charge on any atom is -0.497 e. The van der Waals surface area contributed by atoms with E-state index in [1.54, 1.807) is 18.2 Å². The van der Waals surface area contributed by atoms with Crippen LogP contribution in [0.1, 0.15) is 46.1 Å². The van der Waals surface area contributed by atoms with Crippen molar-refractivity contribution in [2.24, 2.45) is 17.6 Å². The quantitative estimate of drug-likeness (QED) is 0.438. The van der Waals surface area contributed by atoms with E-state index in [2.05, 4.69) is 10.6 Å². The number of nitrogens with one attached hydrogen (secondary N) is 2. The highest BCUT2D eigenvalue weighted by molar-refractivity contribution is 5.93. The first-order chi connectivity index (χ1) is 15.5. The van der Waals surface area contributed by atoms with Gasteiger partial charge in [0.05, 0.1) is 13.5 Å². The summed E-state index contributed by atoms with van der Waals surface area (Å²) in [5.41, 5.74) is 5.62. The molecule has 0 aliphatic heterocycles. The van der Waals surface area contributed by atoms with E-state index in [9.17, 15) is 19.2 Å². The maximum absolute atomic E-state index is 12.9. The molecule has 0 spiro atoms. The van der Waals surface area contributed by atoms with Crippen LogP contribution in [-0.4, -0.2) is 36.9 Å². The Labute approximate surface area is 193 Å². The van der Waals surface area contributed by atoms with Crippen molar-refractivity contribution in [2.45, 2.75) is 59.0 Å². The molecule has 1 aromatic heterocycles. The molecule has 9 heteroatoms. The van der Waals surface area contributed by atoms with Gasteiger partial charge in [0.25, 0.3) is 0 Å². The molecule has 0 unspecified atom stereocenters. The Balaban J connectivity index is 2.21. The zero-order chi connectivity index (χ0) is 24.7. The van der Waals surface area contributed by atoms with Crippen molar-refractivity contribution in [3.05, 3.63) is 40.2 Å². The Bertz CT molecular complexity index is 1060. The van der Waals surface area contributed by atoms with Crippen LogP contribution in [0.25, 0.3) is 11.0 Å². The Morgan fingerprint density at radius 2 is 1.64 bits per heavy atom. The largest absolute Gasteiger partial charge is 0.497 e. The topological polar surface area (TPSA) is 141 Å². The standard InChI is InChI=1S/C24H33N3O6/c1-13(2)8-18(23(25)30)27-24(31)19(9-14(3)4)26-21(28)10-15-11-22(29)33-20-12-16(32-5)6-7-17(15)20/h6-7,11-14,18-19H,8-10H2,1-5H3,(H2,25,30)(H,26,28)(H,27,31)/t18-,19-/m0/s1. The van der Waals surface area contributed by atoms with E-state index in [1.807, 2.05) is 27.7 Å². The highest BCUT2D eigenvalue weighted by Gasteiger charge is 2.27. The SMILES string of the molecule is COc1ccc2c(CC(=O)N[C@@H](CC(C)C)C(=O)N[C@@H](CC(C)C)C(N)=O)cc(=O)oc2c1. The molecule has 1 heterocycles. The average molecular weight is 460 g/mol. The van der Waals surface area contributed by atoms with E-state index < -0.39 is 35.4 Å². The Morgan fingerprint density at radius 3 is 2.21 bits per heavy atom. The van der Waals surface area contributed by atoms with E-state index in [-0.39, 0.29) is 18.3 Å². The third-order valence-electron chi connectivity index (χ3n) is 5.11. The molecule has 0 aliphatic carbocycles. The number of fused-ring (bicyclic) bond motifs is 1. The average Bonchev–Trinajstić information content (AvgIpc) is 2.71. The summed E-state index contributed by atoms with van der Waals surface area (Å²) in [6.07, 6.45) is 0.653. The summed E-state index contributed by atoms with van der Waals surface area (Å²) < 4.78 is 10.4. The molecule has 33 heavy (non-hydrogen) atoms. The highest BCUT2D eigenvalue weighted by Crippen LogP contribution is 2.23. The number of carbonyl (C=O) groups is 3. The van der Waals surface area contributed by atoms with Gasteiger partial charge in [-0.2, -0.15) is 0 Å². The van der Waals surface area contributed by atoms with Crippen molar-refractivity contribution in [1.29, 1.82) is 0 Å². The maximum atomic E-state index is 12.9. The minimum atomic E-state index is -0.849. The van der Waals surface area contributed by atoms with Gasteiger partial charge in [-0.1, -0.05) is 27.7 Å². The number of carbonyl (C=O) groups excluding carboxylic acids is 3. The summed E-state index contributed by atoms with van der Waals surface area (Å²) in [6, 6.07) is 4.59. The molecule has 3 amide bonds. The zero-order valence-electron chi connectivity index (χ0n) is 19.8. The molecule has 2 aromatic rings. The molecule has 0 radical (unpaired) electrons. The minimum absolute atomic E-state index is 0.107. The molecule has 1 aromatic carbocycles. The number of amides is 3. The molecule has 0 saturated heterocycles. The van der Waals surface area contributed by atoms with Crippen LogP contribution in [0, 0.1) is 11.8 Å². The lowest BCUT2D eigenvalue weighted by Gasteiger charge is -2.24. The summed E-state index contributed by atoms with van der Waals surface area (Å²) in [5, 5.41) is 6.01. The first-order valence-corrected chi connectivity index (χ1v) is 11.0. The van der Waals surface area contributed by atoms with Gasteiger partial charge in [-0.15, -0.1) is 0 Å². The fourth-order valence-electron chi connectivity index (χ4n) is 3.59. The summed E-state index contributed by atoms with van der Waals surface area (Å²) in [5.74, 6) is -0.745. The fraction of sp³-hybridized carbons (Fsp3) is 0.500. The van der Waals surface area contributed by atoms with Crippen molar-refractivity contribution < 1.29 is 23.5 Å². The maximum Gasteiger partial charge on any atom is 0.336 e. The second-order valence-corrected chi connectivity index (χ2v) is 8.97. The van der Waals surface area contributed by atoms with Gasteiger partial charge in [-0.05, 0) is 42.4 Å². The summed E-state index contributed by atoms with van der Waals surface area (Å²) in [6.45, 7) is 7.70. The molecule has 0 bridgehead atoms. The molecule has 180 valence electrons. The van der Waals surface area contributed by atoms with E-state index in [0.717, 1.165) is 0 Å². The van der Waals surface area contributed by atoms with E-state index in [0.29, 0.717) is 35.1 Å². The van der Waals surface area contributed by atoms with Gasteiger partial charge in [0.15, 0.2) is 0 Å². The predicted molar refractivity (Wildman–Crippen MR) is 125 cm³/mol. The lowest BCUT2D eigenvalue weighted by atomic mass is 10.00. The Morgan fingerprint density at radius 1 is 1.00 bits per heavy atom. The predicted octanol–water partition coefficient (Wildman–Crippen LogP) is 1.89. The van der Waals surface area contributed by atoms with E-state index >= 15 is 0 Å². The van der Waals surface area contributed by atoms with Gasteiger partial charge in [0, 0.05) is 17.5 Å². The monoisotopic (exact) mass is 459 g/mol. The number of methoxy groups -OCH3 is 1. The number of rotatable bonds is 11. The van der Waals surface area contributed by atoms with Crippen molar-refractivity contribution in [2.75, 3.05) is 7.11 Å². The second-order valence-electron chi connectivity index (χ2n) is 8.97. The van der Waals surface area contributed by atoms with Crippen molar-refractivity contribution in [1.82, 2.24) is 10.6 Å². The van der Waals surface area contributed by atoms with Crippen LogP contribution in [0.4, 0.5) is 0 Å². The van der Waals surface area contributed by atoms with Gasteiger partial charge in [-0.25, -0.2) is 4.79 Å². The molecule has 0 saturated carbocycles. The smallest absolute Gasteiger partial charge is 0.336 e. The summed E-state index contributed by atoms with van der Waals surface area (Å²) in [7, 11) is 1.50. The molecule has 4 N–H and O–H groups in total. The summed E-state index contributed by atoms with van der Waals surface area (Å²) in [4.78, 5) is 49.5. The molecule has 2 atom stereocenters. The van der Waals surface area contributed by atoms with Crippen LogP contribution in [-0.2, 0) is 20.8 Å². The molecule has 0 fully saturated rings. The highest BCUT2D eigenvalue weighted by atomic mass is 16.5. The van der Waals surface area contributed by atoms with Crippen LogP contribution >= 0.6 is 0 Å². The number of primary amides is 1. The van der Waals surface area contributed by atoms with Crippen LogP contribution < -0.4 is 26.7 Å². The normalized spacial score (nSPS) is 13.1. The third-order valence-corrected chi connectivity index (χ3v) is 5.11. The molecule has 0 aliphatic rings. The van der Waals surface area contributed by atoms with Crippen LogP contribution in [0.15, 0.2) is 33.5 Å². The first kappa shape index (κ1) is 25.9. The fourth-order valence-corrected chi connectivity index (χ4v) is 3.59. The van der Waals surface area contributed by atoms with Crippen molar-refractivity contribution in [3.63, 3.8) is 0 Å². The van der Waals surface area contributed by atoms with Crippen LogP contribution in [0.3, 0.4) is 0 Å². The molecule has 9 nitrogen and oxygen atoms in total. The summed E-state index contributed by atoms with van der Waals surface area (Å²) >= 11 is 0. The lowest BCUT2D eigenvalue weighted by molar-refractivity contribution is -0.131. The van der Waals surface area contributed by atoms with Crippen LogP contribution in [0.2, 0.25) is 0 Å². The van der Waals surface area contributed by atoms with Gasteiger partial charge in [0.1, 0.15) is 23.4 Å². The van der Waals surface area contributed by atoms with E-state index in [4.69, 9.17) is 14.9 Å². The zero-order valence-corrected chi connectivity index (χ0v) is 19.8. The first-order valence-electron chi connectivity index (χ1n) is 11.0. The van der Waals surface area contributed by atoms with Crippen molar-refractivity contribution >= 4 is 28.7 Å². The molecular weight excluding hydrogens is 426 g/mol. The Kier molecular flexibility index (Phi) is 9.02. The molecular formula is C24H33N3O6. The number of ether oxygens (including phenoxy) is 1. The van der Waals surface area contributed by atoms with Gasteiger partial charge in [-0.3, -0.25) is 14.4 Å². The number of hydrogen-bond acceptors (Lipinski definition) is 6. The lowest BCUT2D eigenvalue weighted by Crippen LogP contribution is -2.53. The number of nitrogens with two attached hydrogens (primary N) is 1. The molecule has 2 rings (SSSR count). The van der Waals surface area contributed by atoms with Crippen molar-refractivity contribution in [3.8, 4) is 5.75 Å². The number of benzene rings is 1. The second kappa shape index (κ2) is 11.5. The third kappa shape index (κ3) is 7.62. The van der Waals surface area contributed by atoms with Gasteiger partial charge >= 0.3 is 5.63 Å². The van der Waals surface area contributed by atoms with Crippen LogP contribution in [0.5, 0.6) is 5.75 Å². The van der Waals surface area contributed by atoms with Gasteiger partial charge < -0.3 is 25.5 Å². The Hall–Kier alpha value is -3.36. The number of hydrogen-bond donors (Lipinski definition) is 3. The van der Waals surface area contributed by atoms with E-state index in [1.165, 1.54) is 13.2 Å². The van der Waals surface area contributed by atoms with Gasteiger partial charge in [0.2, 0.25) is 17.7 Å².